The summed E-state index contributed by atoms with van der Waals surface area (Å²) in [5.41, 5.74) is 2.38. The molecular formula is C32H52O3. The van der Waals surface area contributed by atoms with Crippen molar-refractivity contribution in [3.8, 4) is 0 Å². The summed E-state index contributed by atoms with van der Waals surface area (Å²) in [7, 11) is 0. The molecule has 4 aliphatic rings. The molecule has 198 valence electrons. The molecule has 0 aromatic heterocycles. The van der Waals surface area contributed by atoms with Crippen molar-refractivity contribution in [3.05, 3.63) is 11.6 Å². The topological polar surface area (TPSA) is 43.4 Å². The molecule has 4 rings (SSSR count). The number of Topliss-reactive ketones (excluding diaryl/α,β-unsaturated/α-hetero) is 1. The summed E-state index contributed by atoms with van der Waals surface area (Å²) in [6.07, 6.45) is 17.2. The molecule has 0 bridgehead atoms. The van der Waals surface area contributed by atoms with Crippen molar-refractivity contribution >= 4 is 11.8 Å². The lowest BCUT2D eigenvalue weighted by Gasteiger charge is -2.58. The first-order valence-corrected chi connectivity index (χ1v) is 14.9. The Hall–Kier alpha value is -1.12. The first-order valence-electron chi connectivity index (χ1n) is 14.9. The Kier molecular flexibility index (Phi) is 8.23. The molecule has 3 heteroatoms. The molecule has 0 aliphatic heterocycles. The van der Waals surface area contributed by atoms with Gasteiger partial charge in [0.2, 0.25) is 0 Å². The van der Waals surface area contributed by atoms with Gasteiger partial charge in [-0.15, -0.1) is 0 Å². The molecule has 0 aromatic carbocycles. The number of ketones is 1. The molecule has 4 aliphatic carbocycles. The molecular weight excluding hydrogens is 432 g/mol. The molecule has 0 amide bonds. The van der Waals surface area contributed by atoms with Crippen LogP contribution in [-0.2, 0) is 14.3 Å². The Balaban J connectivity index is 1.40. The number of carbonyl (C=O) groups excluding carboxylic acids is 2. The Morgan fingerprint density at radius 3 is 2.49 bits per heavy atom. The summed E-state index contributed by atoms with van der Waals surface area (Å²) in [5.74, 6) is 4.97. The highest BCUT2D eigenvalue weighted by atomic mass is 16.5. The van der Waals surface area contributed by atoms with Crippen LogP contribution in [0.25, 0.3) is 0 Å². The van der Waals surface area contributed by atoms with Gasteiger partial charge in [-0.1, -0.05) is 65.5 Å². The van der Waals surface area contributed by atoms with Crippen molar-refractivity contribution in [2.24, 2.45) is 46.3 Å². The van der Waals surface area contributed by atoms with E-state index < -0.39 is 0 Å². The summed E-state index contributed by atoms with van der Waals surface area (Å²) < 4.78 is 5.81. The molecule has 0 spiro atoms. The number of allylic oxidation sites excluding steroid dienone is 1. The molecule has 0 saturated heterocycles. The third-order valence-corrected chi connectivity index (χ3v) is 11.2. The van der Waals surface area contributed by atoms with Crippen molar-refractivity contribution in [2.45, 2.75) is 131 Å². The molecule has 3 fully saturated rings. The van der Waals surface area contributed by atoms with E-state index in [0.717, 1.165) is 54.8 Å². The third-order valence-electron chi connectivity index (χ3n) is 11.2. The smallest absolute Gasteiger partial charge is 0.306 e. The fourth-order valence-electron chi connectivity index (χ4n) is 9.28. The van der Waals surface area contributed by atoms with Crippen LogP contribution in [0.2, 0.25) is 0 Å². The lowest BCUT2D eigenvalue weighted by molar-refractivity contribution is -0.152. The maximum absolute atomic E-state index is 12.2. The van der Waals surface area contributed by atoms with Gasteiger partial charge in [-0.05, 0) is 98.2 Å². The second-order valence-electron chi connectivity index (χ2n) is 13.8. The van der Waals surface area contributed by atoms with E-state index in [0.29, 0.717) is 11.8 Å². The number of carbonyl (C=O) groups is 2. The van der Waals surface area contributed by atoms with E-state index in [2.05, 4.69) is 40.7 Å². The van der Waals surface area contributed by atoms with Crippen LogP contribution < -0.4 is 0 Å². The van der Waals surface area contributed by atoms with Crippen LogP contribution in [0.4, 0.5) is 0 Å². The van der Waals surface area contributed by atoms with Gasteiger partial charge in [0, 0.05) is 12.8 Å². The largest absolute Gasteiger partial charge is 0.462 e. The second kappa shape index (κ2) is 10.7. The van der Waals surface area contributed by atoms with Crippen LogP contribution >= 0.6 is 0 Å². The van der Waals surface area contributed by atoms with Crippen molar-refractivity contribution < 1.29 is 14.3 Å². The van der Waals surface area contributed by atoms with E-state index in [9.17, 15) is 9.59 Å². The van der Waals surface area contributed by atoms with Crippen LogP contribution in [-0.4, -0.2) is 17.9 Å². The minimum Gasteiger partial charge on any atom is -0.462 e. The molecule has 0 N–H and O–H groups in total. The zero-order valence-corrected chi connectivity index (χ0v) is 23.5. The van der Waals surface area contributed by atoms with Gasteiger partial charge >= 0.3 is 5.97 Å². The normalized spacial score (nSPS) is 39.3. The van der Waals surface area contributed by atoms with E-state index in [1.807, 2.05) is 0 Å². The van der Waals surface area contributed by atoms with Gasteiger partial charge in [-0.2, -0.15) is 0 Å². The van der Waals surface area contributed by atoms with E-state index in [4.69, 9.17) is 4.74 Å². The Morgan fingerprint density at radius 2 is 1.77 bits per heavy atom. The van der Waals surface area contributed by atoms with Gasteiger partial charge in [0.15, 0.2) is 0 Å². The highest BCUT2D eigenvalue weighted by Crippen LogP contribution is 2.67. The van der Waals surface area contributed by atoms with Crippen LogP contribution in [0, 0.1) is 46.3 Å². The zero-order chi connectivity index (χ0) is 25.4. The SMILES string of the molecule is CC(=O)CCC(=O)OC1CCC2(C)C(=CCC3C2CCC2(C)C(C(C)CCCC(C)C)CCC32)C1. The van der Waals surface area contributed by atoms with E-state index in [1.54, 1.807) is 5.57 Å². The van der Waals surface area contributed by atoms with Gasteiger partial charge in [0.05, 0.1) is 6.42 Å². The number of fused-ring (bicyclic) bond motifs is 5. The highest BCUT2D eigenvalue weighted by molar-refractivity contribution is 5.81. The molecule has 8 atom stereocenters. The second-order valence-corrected chi connectivity index (χ2v) is 13.8. The van der Waals surface area contributed by atoms with Gasteiger partial charge in [-0.3, -0.25) is 4.79 Å². The molecule has 35 heavy (non-hydrogen) atoms. The minimum absolute atomic E-state index is 0.00161. The monoisotopic (exact) mass is 484 g/mol. The van der Waals surface area contributed by atoms with E-state index in [-0.39, 0.29) is 29.7 Å². The van der Waals surface area contributed by atoms with Crippen LogP contribution in [0.1, 0.15) is 125 Å². The predicted molar refractivity (Wildman–Crippen MR) is 143 cm³/mol. The van der Waals surface area contributed by atoms with Crippen LogP contribution in [0.3, 0.4) is 0 Å². The Labute approximate surface area is 215 Å². The average Bonchev–Trinajstić information content (AvgIpc) is 3.15. The standard InChI is InChI=1S/C32H52O3/c1-21(2)8-7-9-22(3)27-13-14-28-26-12-11-24-20-25(35-30(34)15-10-23(4)33)16-18-31(24,5)29(26)17-19-32(27,28)6/h11,21-22,25-29H,7-10,12-20H2,1-6H3. The van der Waals surface area contributed by atoms with E-state index in [1.165, 1.54) is 58.3 Å². The number of rotatable bonds is 9. The first kappa shape index (κ1) is 26.9. The van der Waals surface area contributed by atoms with Crippen molar-refractivity contribution in [3.63, 3.8) is 0 Å². The summed E-state index contributed by atoms with van der Waals surface area (Å²) >= 11 is 0. The summed E-state index contributed by atoms with van der Waals surface area (Å²) in [4.78, 5) is 23.5. The van der Waals surface area contributed by atoms with Crippen molar-refractivity contribution in [1.29, 1.82) is 0 Å². The summed E-state index contributed by atoms with van der Waals surface area (Å²) in [6, 6.07) is 0. The Bertz CT molecular complexity index is 812. The van der Waals surface area contributed by atoms with Gasteiger partial charge in [0.25, 0.3) is 0 Å². The number of ether oxygens (including phenoxy) is 1. The molecule has 0 heterocycles. The minimum atomic E-state index is -0.198. The zero-order valence-electron chi connectivity index (χ0n) is 23.5. The molecule has 0 aromatic rings. The van der Waals surface area contributed by atoms with Crippen molar-refractivity contribution in [2.75, 3.05) is 0 Å². The fraction of sp³-hybridized carbons (Fsp3) is 0.875. The van der Waals surface area contributed by atoms with Gasteiger partial charge < -0.3 is 9.53 Å². The predicted octanol–water partition coefficient (Wildman–Crippen LogP) is 8.31. The average molecular weight is 485 g/mol. The fourth-order valence-corrected chi connectivity index (χ4v) is 9.28. The maximum Gasteiger partial charge on any atom is 0.306 e. The van der Waals surface area contributed by atoms with Crippen LogP contribution in [0.5, 0.6) is 0 Å². The summed E-state index contributed by atoms with van der Waals surface area (Å²) in [6.45, 7) is 14.0. The molecule has 3 nitrogen and oxygen atoms in total. The maximum atomic E-state index is 12.2. The molecule has 8 unspecified atom stereocenters. The molecule has 0 radical (unpaired) electrons. The molecule has 3 saturated carbocycles. The third kappa shape index (κ3) is 5.45. The lowest BCUT2D eigenvalue weighted by Crippen LogP contribution is -2.51. The van der Waals surface area contributed by atoms with Gasteiger partial charge in [-0.25, -0.2) is 0 Å². The number of hydrogen-bond donors (Lipinski definition) is 0. The van der Waals surface area contributed by atoms with E-state index >= 15 is 0 Å². The highest BCUT2D eigenvalue weighted by Gasteiger charge is 2.59. The van der Waals surface area contributed by atoms with Crippen LogP contribution in [0.15, 0.2) is 11.6 Å². The summed E-state index contributed by atoms with van der Waals surface area (Å²) in [5, 5.41) is 0. The Morgan fingerprint density at radius 1 is 1.00 bits per heavy atom. The quantitative estimate of drug-likeness (QED) is 0.244. The number of hydrogen-bond acceptors (Lipinski definition) is 3. The van der Waals surface area contributed by atoms with Gasteiger partial charge in [0.1, 0.15) is 11.9 Å². The lowest BCUT2D eigenvalue weighted by atomic mass is 9.47. The first-order chi connectivity index (χ1) is 16.5. The van der Waals surface area contributed by atoms with Crippen molar-refractivity contribution in [1.82, 2.24) is 0 Å². The number of esters is 1.